The summed E-state index contributed by atoms with van der Waals surface area (Å²) in [5.41, 5.74) is 0. The van der Waals surface area contributed by atoms with Crippen molar-refractivity contribution in [2.45, 2.75) is 31.8 Å². The summed E-state index contributed by atoms with van der Waals surface area (Å²) < 4.78 is 0. The molecule has 1 rings (SSSR count). The van der Waals surface area contributed by atoms with Crippen molar-refractivity contribution in [3.8, 4) is 12.3 Å². The summed E-state index contributed by atoms with van der Waals surface area (Å²) in [6.07, 6.45) is 7.53. The van der Waals surface area contributed by atoms with E-state index in [1.807, 2.05) is 0 Å². The monoisotopic (exact) mass is 223 g/mol. The van der Waals surface area contributed by atoms with E-state index in [1.54, 1.807) is 0 Å². The van der Waals surface area contributed by atoms with Gasteiger partial charge in [0, 0.05) is 25.0 Å². The molecule has 1 aliphatic rings. The van der Waals surface area contributed by atoms with Crippen molar-refractivity contribution >= 4 is 0 Å². The minimum atomic E-state index is 0.417. The fraction of sp³-hybridized carbons (Fsp3) is 0.846. The van der Waals surface area contributed by atoms with Crippen molar-refractivity contribution in [1.82, 2.24) is 15.1 Å². The summed E-state index contributed by atoms with van der Waals surface area (Å²) in [6, 6.07) is 0.948. The van der Waals surface area contributed by atoms with Crippen LogP contribution in [0, 0.1) is 12.3 Å². The first-order valence-electron chi connectivity index (χ1n) is 6.24. The van der Waals surface area contributed by atoms with Crippen LogP contribution in [-0.2, 0) is 0 Å². The molecule has 92 valence electrons. The maximum atomic E-state index is 5.46. The molecule has 0 spiro atoms. The lowest BCUT2D eigenvalue weighted by molar-refractivity contribution is 0.180. The number of terminal acetylenes is 1. The largest absolute Gasteiger partial charge is 0.312 e. The van der Waals surface area contributed by atoms with E-state index in [1.165, 1.54) is 19.5 Å². The van der Waals surface area contributed by atoms with Crippen molar-refractivity contribution in [2.24, 2.45) is 0 Å². The highest BCUT2D eigenvalue weighted by molar-refractivity contribution is 4.96. The highest BCUT2D eigenvalue weighted by Crippen LogP contribution is 2.12. The minimum Gasteiger partial charge on any atom is -0.312 e. The quantitative estimate of drug-likeness (QED) is 0.705. The van der Waals surface area contributed by atoms with Gasteiger partial charge in [-0.05, 0) is 40.2 Å². The Kier molecular flexibility index (Phi) is 5.83. The molecular formula is C13H25N3. The average Bonchev–Trinajstić information content (AvgIpc) is 2.40. The molecule has 0 aliphatic carbocycles. The molecule has 0 bridgehead atoms. The Bertz CT molecular complexity index is 234. The van der Waals surface area contributed by atoms with E-state index in [9.17, 15) is 0 Å². The maximum absolute atomic E-state index is 5.46. The first kappa shape index (κ1) is 13.5. The molecule has 0 aromatic heterocycles. The summed E-state index contributed by atoms with van der Waals surface area (Å²) >= 11 is 0. The van der Waals surface area contributed by atoms with Gasteiger partial charge >= 0.3 is 0 Å². The zero-order valence-corrected chi connectivity index (χ0v) is 10.9. The van der Waals surface area contributed by atoms with Crippen LogP contribution in [0.2, 0.25) is 0 Å². The van der Waals surface area contributed by atoms with Gasteiger partial charge in [-0.25, -0.2) is 0 Å². The van der Waals surface area contributed by atoms with Gasteiger partial charge in [0.05, 0.1) is 0 Å². The van der Waals surface area contributed by atoms with Crippen LogP contribution in [0.5, 0.6) is 0 Å². The fourth-order valence-electron chi connectivity index (χ4n) is 2.47. The zero-order valence-electron chi connectivity index (χ0n) is 10.9. The fourth-order valence-corrected chi connectivity index (χ4v) is 2.47. The van der Waals surface area contributed by atoms with Gasteiger partial charge in [-0.15, -0.1) is 12.3 Å². The topological polar surface area (TPSA) is 18.5 Å². The van der Waals surface area contributed by atoms with Crippen LogP contribution in [0.15, 0.2) is 0 Å². The second kappa shape index (κ2) is 6.90. The lowest BCUT2D eigenvalue weighted by Crippen LogP contribution is -2.52. The summed E-state index contributed by atoms with van der Waals surface area (Å²) in [5.74, 6) is 2.80. The van der Waals surface area contributed by atoms with E-state index in [0.717, 1.165) is 19.5 Å². The number of likely N-dealkylation sites (N-methyl/N-ethyl adjacent to an activating group) is 3. The van der Waals surface area contributed by atoms with Gasteiger partial charge in [0.15, 0.2) is 0 Å². The highest BCUT2D eigenvalue weighted by atomic mass is 15.2. The second-order valence-corrected chi connectivity index (χ2v) is 4.74. The molecule has 2 atom stereocenters. The molecule has 0 aromatic carbocycles. The first-order valence-corrected chi connectivity index (χ1v) is 6.24. The summed E-state index contributed by atoms with van der Waals surface area (Å²) in [4.78, 5) is 4.86. The molecule has 1 N–H and O–H groups in total. The molecule has 16 heavy (non-hydrogen) atoms. The van der Waals surface area contributed by atoms with Crippen LogP contribution in [0.25, 0.3) is 0 Å². The SMILES string of the molecule is C#CCC(NCC)C1CN(C)CCCN1C. The number of hydrogen-bond donors (Lipinski definition) is 1. The van der Waals surface area contributed by atoms with Gasteiger partial charge in [-0.3, -0.25) is 0 Å². The van der Waals surface area contributed by atoms with Gasteiger partial charge in [0.2, 0.25) is 0 Å². The van der Waals surface area contributed by atoms with E-state index in [2.05, 4.69) is 42.1 Å². The Balaban J connectivity index is 2.66. The molecule has 2 unspecified atom stereocenters. The van der Waals surface area contributed by atoms with Gasteiger partial charge < -0.3 is 15.1 Å². The third-order valence-electron chi connectivity index (χ3n) is 3.38. The van der Waals surface area contributed by atoms with Crippen molar-refractivity contribution in [2.75, 3.05) is 40.3 Å². The third-order valence-corrected chi connectivity index (χ3v) is 3.38. The molecule has 1 fully saturated rings. The van der Waals surface area contributed by atoms with Crippen LogP contribution in [0.1, 0.15) is 19.8 Å². The Morgan fingerprint density at radius 3 is 2.81 bits per heavy atom. The van der Waals surface area contributed by atoms with Crippen LogP contribution in [-0.4, -0.2) is 62.2 Å². The van der Waals surface area contributed by atoms with Crippen LogP contribution in [0.3, 0.4) is 0 Å². The smallest absolute Gasteiger partial charge is 0.0382 e. The maximum Gasteiger partial charge on any atom is 0.0382 e. The standard InChI is InChI=1S/C13H25N3/c1-5-8-12(14-6-2)13-11-15(3)9-7-10-16(13)4/h1,12-14H,6-11H2,2-4H3. The van der Waals surface area contributed by atoms with Gasteiger partial charge in [0.1, 0.15) is 0 Å². The molecule has 1 saturated heterocycles. The molecule has 0 saturated carbocycles. The second-order valence-electron chi connectivity index (χ2n) is 4.74. The van der Waals surface area contributed by atoms with Crippen LogP contribution in [0.4, 0.5) is 0 Å². The predicted molar refractivity (Wildman–Crippen MR) is 69.4 cm³/mol. The minimum absolute atomic E-state index is 0.417. The average molecular weight is 223 g/mol. The summed E-state index contributed by atoms with van der Waals surface area (Å²) in [7, 11) is 4.41. The van der Waals surface area contributed by atoms with E-state index in [0.29, 0.717) is 12.1 Å². The normalized spacial score (nSPS) is 26.0. The molecule has 0 aromatic rings. The van der Waals surface area contributed by atoms with Gasteiger partial charge in [-0.2, -0.15) is 0 Å². The Hall–Kier alpha value is -0.560. The van der Waals surface area contributed by atoms with Crippen molar-refractivity contribution in [1.29, 1.82) is 0 Å². The van der Waals surface area contributed by atoms with Crippen molar-refractivity contribution < 1.29 is 0 Å². The third kappa shape index (κ3) is 3.79. The Labute approximate surface area is 100 Å². The predicted octanol–water partition coefficient (Wildman–Crippen LogP) is 0.624. The lowest BCUT2D eigenvalue weighted by atomic mass is 10.0. The number of nitrogens with zero attached hydrogens (tertiary/aromatic N) is 2. The van der Waals surface area contributed by atoms with Crippen molar-refractivity contribution in [3.05, 3.63) is 0 Å². The number of rotatable bonds is 4. The lowest BCUT2D eigenvalue weighted by Gasteiger charge is -2.34. The van der Waals surface area contributed by atoms with Crippen LogP contribution >= 0.6 is 0 Å². The molecule has 3 heteroatoms. The molecular weight excluding hydrogens is 198 g/mol. The molecule has 0 amide bonds. The van der Waals surface area contributed by atoms with E-state index >= 15 is 0 Å². The van der Waals surface area contributed by atoms with E-state index < -0.39 is 0 Å². The van der Waals surface area contributed by atoms with Gasteiger partial charge in [-0.1, -0.05) is 6.92 Å². The molecule has 1 aliphatic heterocycles. The van der Waals surface area contributed by atoms with E-state index in [4.69, 9.17) is 6.42 Å². The van der Waals surface area contributed by atoms with E-state index in [-0.39, 0.29) is 0 Å². The van der Waals surface area contributed by atoms with Crippen molar-refractivity contribution in [3.63, 3.8) is 0 Å². The zero-order chi connectivity index (χ0) is 12.0. The molecule has 0 radical (unpaired) electrons. The molecule has 1 heterocycles. The number of nitrogens with one attached hydrogen (secondary N) is 1. The number of hydrogen-bond acceptors (Lipinski definition) is 3. The highest BCUT2D eigenvalue weighted by Gasteiger charge is 2.27. The molecule has 3 nitrogen and oxygen atoms in total. The Morgan fingerprint density at radius 1 is 1.44 bits per heavy atom. The first-order chi connectivity index (χ1) is 7.69. The summed E-state index contributed by atoms with van der Waals surface area (Å²) in [6.45, 7) is 6.59. The van der Waals surface area contributed by atoms with Gasteiger partial charge in [0.25, 0.3) is 0 Å². The summed E-state index contributed by atoms with van der Waals surface area (Å²) in [5, 5.41) is 3.52. The van der Waals surface area contributed by atoms with Crippen LogP contribution < -0.4 is 5.32 Å². The Morgan fingerprint density at radius 2 is 2.19 bits per heavy atom.